The normalized spacial score (nSPS) is 7.79. The molecule has 19 heavy (non-hydrogen) atoms. The second kappa shape index (κ2) is 11.9. The molecule has 0 aliphatic rings. The van der Waals surface area contributed by atoms with E-state index in [0.717, 1.165) is 24.3 Å². The van der Waals surface area contributed by atoms with E-state index >= 15 is 0 Å². The number of rotatable bonds is 0. The van der Waals surface area contributed by atoms with Crippen LogP contribution in [0.25, 0.3) is 0 Å². The topological polar surface area (TPSA) is 0 Å². The molecule has 0 fully saturated rings. The van der Waals surface area contributed by atoms with Crippen LogP contribution >= 0.6 is 0 Å². The third-order valence-corrected chi connectivity index (χ3v) is 1.45. The Morgan fingerprint density at radius 1 is 0.579 bits per heavy atom. The number of hydrogen-bond donors (Lipinski definition) is 0. The first-order valence-electron chi connectivity index (χ1n) is 4.24. The summed E-state index contributed by atoms with van der Waals surface area (Å²) in [5.74, 6) is -2.65. The molecule has 0 atom stereocenters. The maximum Gasteiger partial charge on any atom is 4.00 e. The molecule has 0 saturated heterocycles. The molecule has 5 heteroatoms. The van der Waals surface area contributed by atoms with Crippen LogP contribution in [0.5, 0.6) is 0 Å². The van der Waals surface area contributed by atoms with Crippen molar-refractivity contribution in [1.29, 1.82) is 0 Å². The summed E-state index contributed by atoms with van der Waals surface area (Å²) in [6.07, 6.45) is 0. The molecular weight excluding hydrogens is 292 g/mol. The maximum atomic E-state index is 11.9. The Balaban J connectivity index is -0.000000233. The van der Waals surface area contributed by atoms with Gasteiger partial charge in [0.1, 0.15) is 0 Å². The van der Waals surface area contributed by atoms with E-state index < -0.39 is 23.3 Å². The number of halogens is 4. The van der Waals surface area contributed by atoms with Crippen molar-refractivity contribution in [3.63, 3.8) is 0 Å². The number of benzene rings is 2. The van der Waals surface area contributed by atoms with E-state index in [1.54, 1.807) is 0 Å². The van der Waals surface area contributed by atoms with Gasteiger partial charge in [0.15, 0.2) is 0 Å². The maximum absolute atomic E-state index is 11.9. The van der Waals surface area contributed by atoms with Crippen LogP contribution in [-0.4, -0.2) is 0 Å². The van der Waals surface area contributed by atoms with Crippen LogP contribution in [0.15, 0.2) is 36.4 Å². The van der Waals surface area contributed by atoms with Gasteiger partial charge in [-0.2, -0.15) is 12.1 Å². The molecule has 0 N–H and O–H groups in total. The zero-order valence-corrected chi connectivity index (χ0v) is 12.0. The van der Waals surface area contributed by atoms with Crippen molar-refractivity contribution in [1.82, 2.24) is 0 Å². The van der Waals surface area contributed by atoms with Gasteiger partial charge in [0.25, 0.3) is 0 Å². The van der Waals surface area contributed by atoms with Crippen LogP contribution in [0.2, 0.25) is 0 Å². The second-order valence-corrected chi connectivity index (χ2v) is 2.69. The molecule has 0 amide bonds. The minimum absolute atomic E-state index is 0. The van der Waals surface area contributed by atoms with Gasteiger partial charge in [-0.25, -0.2) is 17.6 Å². The SMILES string of the molecule is Fc1[c-]c(F)ccc1.Fc1[c-]c(F)ccc1.[CH3-].[CH3-].[Ti+4]. The first-order chi connectivity index (χ1) is 7.58. The van der Waals surface area contributed by atoms with Gasteiger partial charge in [0.2, 0.25) is 0 Å². The molecule has 100 valence electrons. The zero-order valence-electron chi connectivity index (χ0n) is 10.5. The minimum atomic E-state index is -0.662. The van der Waals surface area contributed by atoms with Crippen molar-refractivity contribution in [3.8, 4) is 0 Å². The van der Waals surface area contributed by atoms with Gasteiger partial charge in [-0.3, -0.25) is 0 Å². The quantitative estimate of drug-likeness (QED) is 0.384. The largest absolute Gasteiger partial charge is 4.00 e. The Labute approximate surface area is 126 Å². The van der Waals surface area contributed by atoms with E-state index in [1.165, 1.54) is 12.1 Å². The van der Waals surface area contributed by atoms with Gasteiger partial charge in [-0.05, 0) is 0 Å². The van der Waals surface area contributed by atoms with Gasteiger partial charge < -0.3 is 14.9 Å². The van der Waals surface area contributed by atoms with Gasteiger partial charge >= 0.3 is 21.7 Å². The van der Waals surface area contributed by atoms with Crippen molar-refractivity contribution < 1.29 is 39.3 Å². The van der Waals surface area contributed by atoms with E-state index in [-0.39, 0.29) is 36.6 Å². The smallest absolute Gasteiger partial charge is 0.358 e. The molecular formula is C14H12F4Ti. The van der Waals surface area contributed by atoms with Crippen LogP contribution in [0.3, 0.4) is 0 Å². The van der Waals surface area contributed by atoms with Crippen molar-refractivity contribution in [2.45, 2.75) is 0 Å². The van der Waals surface area contributed by atoms with Crippen LogP contribution in [-0.2, 0) is 21.7 Å². The minimum Gasteiger partial charge on any atom is -0.358 e. The fraction of sp³-hybridized carbons (Fsp3) is 0. The van der Waals surface area contributed by atoms with Crippen LogP contribution in [0.1, 0.15) is 0 Å². The first-order valence-corrected chi connectivity index (χ1v) is 4.24. The summed E-state index contributed by atoms with van der Waals surface area (Å²) in [5, 5.41) is 0. The molecule has 0 unspecified atom stereocenters. The van der Waals surface area contributed by atoms with E-state index in [9.17, 15) is 17.6 Å². The molecule has 0 aromatic heterocycles. The summed E-state index contributed by atoms with van der Waals surface area (Å²) >= 11 is 0. The molecule has 0 bridgehead atoms. The predicted molar refractivity (Wildman–Crippen MR) is 63.2 cm³/mol. The summed E-state index contributed by atoms with van der Waals surface area (Å²) in [5.41, 5.74) is 0. The molecule has 0 spiro atoms. The average molecular weight is 304 g/mol. The van der Waals surface area contributed by atoms with Gasteiger partial charge in [-0.15, -0.1) is 36.4 Å². The monoisotopic (exact) mass is 304 g/mol. The molecule has 2 aromatic rings. The predicted octanol–water partition coefficient (Wildman–Crippen LogP) is 4.43. The molecule has 2 aromatic carbocycles. The van der Waals surface area contributed by atoms with Crippen molar-refractivity contribution in [3.05, 3.63) is 86.7 Å². The Kier molecular flexibility index (Phi) is 14.5. The fourth-order valence-corrected chi connectivity index (χ4v) is 0.829. The Morgan fingerprint density at radius 2 is 0.789 bits per heavy atom. The summed E-state index contributed by atoms with van der Waals surface area (Å²) < 4.78 is 47.5. The molecule has 0 radical (unpaired) electrons. The van der Waals surface area contributed by atoms with Gasteiger partial charge in [0, 0.05) is 23.3 Å². The molecule has 0 nitrogen and oxygen atoms in total. The van der Waals surface area contributed by atoms with Crippen LogP contribution < -0.4 is 0 Å². The van der Waals surface area contributed by atoms with Gasteiger partial charge in [-0.1, -0.05) is 0 Å². The van der Waals surface area contributed by atoms with Crippen LogP contribution in [0, 0.1) is 50.3 Å². The summed E-state index contributed by atoms with van der Waals surface area (Å²) in [7, 11) is 0. The van der Waals surface area contributed by atoms with E-state index in [1.807, 2.05) is 12.1 Å². The van der Waals surface area contributed by atoms with Gasteiger partial charge in [0.05, 0.1) is 0 Å². The summed E-state index contributed by atoms with van der Waals surface area (Å²) in [6, 6.07) is 10.8. The summed E-state index contributed by atoms with van der Waals surface area (Å²) in [4.78, 5) is 0. The second-order valence-electron chi connectivity index (χ2n) is 2.69. The molecule has 0 heterocycles. The molecule has 0 aliphatic carbocycles. The Bertz CT molecular complexity index is 383. The summed E-state index contributed by atoms with van der Waals surface area (Å²) in [6.45, 7) is 0. The average Bonchev–Trinajstić information content (AvgIpc) is 2.17. The third-order valence-electron chi connectivity index (χ3n) is 1.45. The first kappa shape index (κ1) is 23.0. The van der Waals surface area contributed by atoms with E-state index in [2.05, 4.69) is 0 Å². The number of hydrogen-bond acceptors (Lipinski definition) is 0. The third kappa shape index (κ3) is 10.5. The van der Waals surface area contributed by atoms with E-state index in [4.69, 9.17) is 0 Å². The standard InChI is InChI=1S/2C6H3F2.2CH3.Ti/c2*7-5-2-1-3-6(8)4-5;;;/h2*1-3H;2*1H3;/q4*-1;+4. The Morgan fingerprint density at radius 3 is 0.895 bits per heavy atom. The van der Waals surface area contributed by atoms with Crippen LogP contribution in [0.4, 0.5) is 17.6 Å². The molecule has 2 rings (SSSR count). The molecule has 0 saturated carbocycles. The van der Waals surface area contributed by atoms with Crippen molar-refractivity contribution in [2.24, 2.45) is 0 Å². The zero-order chi connectivity index (χ0) is 12.0. The fourth-order valence-electron chi connectivity index (χ4n) is 0.829. The van der Waals surface area contributed by atoms with Crippen molar-refractivity contribution in [2.75, 3.05) is 0 Å². The van der Waals surface area contributed by atoms with E-state index in [0.29, 0.717) is 0 Å². The molecule has 0 aliphatic heterocycles. The van der Waals surface area contributed by atoms with Crippen molar-refractivity contribution >= 4 is 0 Å². The Hall–Kier alpha value is -1.13.